The molecule has 2 heterocycles. The maximum atomic E-state index is 12.9. The first-order valence-electron chi connectivity index (χ1n) is 9.67. The average molecular weight is 369 g/mol. The highest BCUT2D eigenvalue weighted by molar-refractivity contribution is 7.16. The third-order valence-corrected chi connectivity index (χ3v) is 7.17. The number of aryl methyl sites for hydroxylation is 1. The highest BCUT2D eigenvalue weighted by Gasteiger charge is 2.36. The molecule has 1 aromatic heterocycles. The summed E-state index contributed by atoms with van der Waals surface area (Å²) < 4.78 is 0. The Bertz CT molecular complexity index is 829. The molecule has 26 heavy (non-hydrogen) atoms. The Balaban J connectivity index is 1.62. The number of fused-ring (bicyclic) bond motifs is 3. The minimum Gasteiger partial charge on any atom is -0.353 e. The second kappa shape index (κ2) is 6.41. The second-order valence-corrected chi connectivity index (χ2v) is 9.76. The lowest BCUT2D eigenvalue weighted by molar-refractivity contribution is 0.0935. The van der Waals surface area contributed by atoms with Gasteiger partial charge in [-0.15, -0.1) is 11.3 Å². The molecule has 2 aliphatic rings. The second-order valence-electron chi connectivity index (χ2n) is 8.66. The van der Waals surface area contributed by atoms with E-state index in [9.17, 15) is 4.79 Å². The summed E-state index contributed by atoms with van der Waals surface area (Å²) in [5.74, 6) is 0.769. The standard InChI is InChI=1S/C22H28N2OS/c1-5-13-6-8-14(9-7-13)19-23-20(25)18-16-11-10-15(22(2,3)4)12-17(16)26-21(18)24-19/h6-9,15,19,24H,5,10-12H2,1-4H3,(H,23,25)/t15-,19+/m1/s1. The summed E-state index contributed by atoms with van der Waals surface area (Å²) in [6.45, 7) is 9.15. The van der Waals surface area contributed by atoms with E-state index in [0.29, 0.717) is 11.3 Å². The molecule has 1 amide bonds. The van der Waals surface area contributed by atoms with E-state index < -0.39 is 0 Å². The van der Waals surface area contributed by atoms with Gasteiger partial charge in [-0.05, 0) is 53.7 Å². The predicted molar refractivity (Wildman–Crippen MR) is 109 cm³/mol. The minimum atomic E-state index is -0.139. The number of rotatable bonds is 2. The van der Waals surface area contributed by atoms with Crippen molar-refractivity contribution in [2.75, 3.05) is 5.32 Å². The molecule has 0 saturated carbocycles. The zero-order chi connectivity index (χ0) is 18.5. The highest BCUT2D eigenvalue weighted by Crippen LogP contribution is 2.45. The van der Waals surface area contributed by atoms with Crippen LogP contribution in [0.3, 0.4) is 0 Å². The van der Waals surface area contributed by atoms with Gasteiger partial charge < -0.3 is 10.6 Å². The van der Waals surface area contributed by atoms with Crippen LogP contribution in [-0.4, -0.2) is 5.91 Å². The van der Waals surface area contributed by atoms with E-state index in [0.717, 1.165) is 35.4 Å². The molecule has 0 radical (unpaired) electrons. The van der Waals surface area contributed by atoms with Crippen LogP contribution in [0.15, 0.2) is 24.3 Å². The summed E-state index contributed by atoms with van der Waals surface area (Å²) >= 11 is 1.80. The van der Waals surface area contributed by atoms with Crippen LogP contribution in [0.25, 0.3) is 0 Å². The van der Waals surface area contributed by atoms with Crippen LogP contribution in [0.1, 0.15) is 72.2 Å². The first-order chi connectivity index (χ1) is 12.4. The number of hydrogen-bond acceptors (Lipinski definition) is 3. The SMILES string of the molecule is CCc1ccc([C@H]2NC(=O)c3c(sc4c3CC[C@@H](C(C)(C)C)C4)N2)cc1. The molecule has 2 atom stereocenters. The molecule has 4 rings (SSSR count). The number of carbonyl (C=O) groups is 1. The number of nitrogens with one attached hydrogen (secondary N) is 2. The van der Waals surface area contributed by atoms with Gasteiger partial charge in [0.25, 0.3) is 5.91 Å². The topological polar surface area (TPSA) is 41.1 Å². The van der Waals surface area contributed by atoms with Gasteiger partial charge in [0.05, 0.1) is 5.56 Å². The summed E-state index contributed by atoms with van der Waals surface area (Å²) in [6, 6.07) is 8.52. The Morgan fingerprint density at radius 2 is 1.88 bits per heavy atom. The summed E-state index contributed by atoms with van der Waals surface area (Å²) in [4.78, 5) is 14.3. The average Bonchev–Trinajstić information content (AvgIpc) is 2.99. The van der Waals surface area contributed by atoms with Crippen molar-refractivity contribution in [2.45, 2.75) is 59.5 Å². The number of thiophene rings is 1. The van der Waals surface area contributed by atoms with Gasteiger partial charge in [0.15, 0.2) is 0 Å². The Morgan fingerprint density at radius 1 is 1.15 bits per heavy atom. The lowest BCUT2D eigenvalue weighted by atomic mass is 9.72. The van der Waals surface area contributed by atoms with Gasteiger partial charge in [-0.2, -0.15) is 0 Å². The number of benzene rings is 1. The van der Waals surface area contributed by atoms with Crippen LogP contribution in [0.4, 0.5) is 5.00 Å². The molecule has 3 nitrogen and oxygen atoms in total. The van der Waals surface area contributed by atoms with Gasteiger partial charge in [-0.25, -0.2) is 0 Å². The van der Waals surface area contributed by atoms with Gasteiger partial charge in [0.1, 0.15) is 11.2 Å². The Hall–Kier alpha value is -1.81. The summed E-state index contributed by atoms with van der Waals surface area (Å²) in [6.07, 6.45) is 4.19. The fraction of sp³-hybridized carbons (Fsp3) is 0.500. The van der Waals surface area contributed by atoms with Crippen molar-refractivity contribution < 1.29 is 4.79 Å². The van der Waals surface area contributed by atoms with Crippen molar-refractivity contribution in [1.29, 1.82) is 0 Å². The van der Waals surface area contributed by atoms with E-state index >= 15 is 0 Å². The molecule has 138 valence electrons. The highest BCUT2D eigenvalue weighted by atomic mass is 32.1. The smallest absolute Gasteiger partial charge is 0.256 e. The molecule has 0 fully saturated rings. The van der Waals surface area contributed by atoms with Gasteiger partial charge in [-0.1, -0.05) is 52.0 Å². The van der Waals surface area contributed by atoms with Crippen LogP contribution in [0.2, 0.25) is 0 Å². The summed E-state index contributed by atoms with van der Waals surface area (Å²) in [5.41, 5.74) is 4.94. The minimum absolute atomic E-state index is 0.0787. The Kier molecular flexibility index (Phi) is 4.34. The van der Waals surface area contributed by atoms with Crippen LogP contribution in [0.5, 0.6) is 0 Å². The molecule has 4 heteroatoms. The van der Waals surface area contributed by atoms with Gasteiger partial charge in [0, 0.05) is 4.88 Å². The molecule has 1 aliphatic carbocycles. The number of carbonyl (C=O) groups excluding carboxylic acids is 1. The molecule has 0 unspecified atom stereocenters. The molecule has 1 aliphatic heterocycles. The molecular formula is C22H28N2OS. The maximum Gasteiger partial charge on any atom is 0.256 e. The van der Waals surface area contributed by atoms with Crippen molar-refractivity contribution in [3.8, 4) is 0 Å². The molecule has 0 spiro atoms. The fourth-order valence-electron chi connectivity index (χ4n) is 4.15. The zero-order valence-electron chi connectivity index (χ0n) is 16.1. The quantitative estimate of drug-likeness (QED) is 0.753. The molecule has 2 aromatic rings. The number of hydrogen-bond donors (Lipinski definition) is 2. The summed E-state index contributed by atoms with van der Waals surface area (Å²) in [7, 11) is 0. The monoisotopic (exact) mass is 368 g/mol. The van der Waals surface area contributed by atoms with Crippen molar-refractivity contribution in [3.63, 3.8) is 0 Å². The van der Waals surface area contributed by atoms with Gasteiger partial charge in [-0.3, -0.25) is 4.79 Å². The lowest BCUT2D eigenvalue weighted by Gasteiger charge is -2.34. The van der Waals surface area contributed by atoms with Gasteiger partial charge >= 0.3 is 0 Å². The molecule has 0 saturated heterocycles. The number of amides is 1. The van der Waals surface area contributed by atoms with Crippen LogP contribution in [-0.2, 0) is 19.3 Å². The van der Waals surface area contributed by atoms with E-state index in [4.69, 9.17) is 0 Å². The largest absolute Gasteiger partial charge is 0.353 e. The van der Waals surface area contributed by atoms with Crippen molar-refractivity contribution in [2.24, 2.45) is 11.3 Å². The predicted octanol–water partition coefficient (Wildman–Crippen LogP) is 5.32. The Morgan fingerprint density at radius 3 is 2.54 bits per heavy atom. The lowest BCUT2D eigenvalue weighted by Crippen LogP contribution is -2.38. The first-order valence-corrected chi connectivity index (χ1v) is 10.5. The molecular weight excluding hydrogens is 340 g/mol. The molecule has 1 aromatic carbocycles. The van der Waals surface area contributed by atoms with Gasteiger partial charge in [0.2, 0.25) is 0 Å². The van der Waals surface area contributed by atoms with E-state index in [-0.39, 0.29) is 12.1 Å². The van der Waals surface area contributed by atoms with Crippen LogP contribution in [0, 0.1) is 11.3 Å². The zero-order valence-corrected chi connectivity index (χ0v) is 16.9. The van der Waals surface area contributed by atoms with Crippen molar-refractivity contribution in [1.82, 2.24) is 5.32 Å². The third-order valence-electron chi connectivity index (χ3n) is 5.99. The first kappa shape index (κ1) is 17.6. The van der Waals surface area contributed by atoms with Crippen LogP contribution < -0.4 is 10.6 Å². The fourth-order valence-corrected chi connectivity index (χ4v) is 5.50. The maximum absolute atomic E-state index is 12.9. The number of anilines is 1. The normalized spacial score (nSPS) is 22.2. The van der Waals surface area contributed by atoms with Crippen molar-refractivity contribution >= 4 is 22.2 Å². The third kappa shape index (κ3) is 3.05. The van der Waals surface area contributed by atoms with E-state index in [1.807, 2.05) is 0 Å². The molecule has 0 bridgehead atoms. The molecule has 2 N–H and O–H groups in total. The van der Waals surface area contributed by atoms with Crippen molar-refractivity contribution in [3.05, 3.63) is 51.4 Å². The Labute approximate surface area is 160 Å². The van der Waals surface area contributed by atoms with E-state index in [2.05, 4.69) is 62.6 Å². The van der Waals surface area contributed by atoms with E-state index in [1.54, 1.807) is 11.3 Å². The van der Waals surface area contributed by atoms with Crippen LogP contribution >= 0.6 is 11.3 Å². The van der Waals surface area contributed by atoms with E-state index in [1.165, 1.54) is 22.4 Å². The summed E-state index contributed by atoms with van der Waals surface area (Å²) in [5, 5.41) is 7.79.